The maximum Gasteiger partial charge on any atom is 0.341 e. The molecular formula is C18H21N3O4. The number of hydrogen-bond donors (Lipinski definition) is 4. The summed E-state index contributed by atoms with van der Waals surface area (Å²) in [6.45, 7) is 1.02. The normalized spacial score (nSPS) is 10.1. The molecule has 0 spiro atoms. The number of hydrogen-bond acceptors (Lipinski definition) is 5. The van der Waals surface area contributed by atoms with Crippen molar-refractivity contribution in [2.24, 2.45) is 5.73 Å². The molecule has 2 aromatic rings. The van der Waals surface area contributed by atoms with Crippen LogP contribution in [0.1, 0.15) is 15.9 Å². The molecule has 0 radical (unpaired) electrons. The molecule has 0 saturated carbocycles. The molecule has 25 heavy (non-hydrogen) atoms. The number of carboxylic acid groups (broad SMARTS) is 1. The van der Waals surface area contributed by atoms with Crippen LogP contribution in [-0.2, 0) is 11.3 Å². The van der Waals surface area contributed by atoms with Crippen LogP contribution < -0.4 is 21.1 Å². The van der Waals surface area contributed by atoms with Gasteiger partial charge in [0.1, 0.15) is 5.75 Å². The summed E-state index contributed by atoms with van der Waals surface area (Å²) in [5.74, 6) is -0.659. The zero-order valence-corrected chi connectivity index (χ0v) is 13.7. The molecule has 1 amide bonds. The van der Waals surface area contributed by atoms with E-state index in [1.54, 1.807) is 30.3 Å². The smallest absolute Gasteiger partial charge is 0.341 e. The zero-order chi connectivity index (χ0) is 18.1. The summed E-state index contributed by atoms with van der Waals surface area (Å²) < 4.78 is 5.15. The number of aliphatic carboxylic acids is 1. The summed E-state index contributed by atoms with van der Waals surface area (Å²) in [6.07, 6.45) is 0. The second-order valence-corrected chi connectivity index (χ2v) is 5.31. The van der Waals surface area contributed by atoms with Crippen LogP contribution in [0.15, 0.2) is 48.5 Å². The predicted octanol–water partition coefficient (Wildman–Crippen LogP) is 1.45. The highest BCUT2D eigenvalue weighted by Crippen LogP contribution is 2.16. The van der Waals surface area contributed by atoms with Crippen LogP contribution in [0, 0.1) is 0 Å². The molecule has 0 atom stereocenters. The molecule has 132 valence electrons. The number of anilines is 1. The van der Waals surface area contributed by atoms with E-state index in [0.717, 1.165) is 11.3 Å². The SMILES string of the molecule is NCCNC(=O)c1ccc(NCc2cccc(OCC(=O)O)c2)cc1. The Balaban J connectivity index is 1.89. The summed E-state index contributed by atoms with van der Waals surface area (Å²) in [5.41, 5.74) is 7.75. The lowest BCUT2D eigenvalue weighted by Gasteiger charge is -2.09. The van der Waals surface area contributed by atoms with E-state index in [0.29, 0.717) is 30.9 Å². The van der Waals surface area contributed by atoms with Gasteiger partial charge in [-0.1, -0.05) is 12.1 Å². The molecule has 2 rings (SSSR count). The Morgan fingerprint density at radius 2 is 1.88 bits per heavy atom. The number of nitrogens with two attached hydrogens (primary N) is 1. The average molecular weight is 343 g/mol. The third-order valence-corrected chi connectivity index (χ3v) is 3.33. The largest absolute Gasteiger partial charge is 0.482 e. The highest BCUT2D eigenvalue weighted by atomic mass is 16.5. The van der Waals surface area contributed by atoms with Crippen molar-refractivity contribution >= 4 is 17.6 Å². The number of carbonyl (C=O) groups excluding carboxylic acids is 1. The molecule has 0 heterocycles. The second kappa shape index (κ2) is 9.29. The van der Waals surface area contributed by atoms with Gasteiger partial charge in [0.25, 0.3) is 5.91 Å². The average Bonchev–Trinajstić information content (AvgIpc) is 2.63. The van der Waals surface area contributed by atoms with Gasteiger partial charge in [0.15, 0.2) is 6.61 Å². The van der Waals surface area contributed by atoms with Gasteiger partial charge in [0.2, 0.25) is 0 Å². The zero-order valence-electron chi connectivity index (χ0n) is 13.7. The number of carbonyl (C=O) groups is 2. The van der Waals surface area contributed by atoms with Crippen LogP contribution in [0.4, 0.5) is 5.69 Å². The summed E-state index contributed by atoms with van der Waals surface area (Å²) >= 11 is 0. The lowest BCUT2D eigenvalue weighted by Crippen LogP contribution is -2.28. The van der Waals surface area contributed by atoms with E-state index in [1.165, 1.54) is 0 Å². The summed E-state index contributed by atoms with van der Waals surface area (Å²) in [5, 5.41) is 14.6. The Morgan fingerprint density at radius 3 is 2.56 bits per heavy atom. The van der Waals surface area contributed by atoms with Crippen LogP contribution in [0.25, 0.3) is 0 Å². The maximum atomic E-state index is 11.8. The molecule has 7 nitrogen and oxygen atoms in total. The highest BCUT2D eigenvalue weighted by molar-refractivity contribution is 5.94. The van der Waals surface area contributed by atoms with Gasteiger partial charge < -0.3 is 26.2 Å². The number of amides is 1. The Labute approximate surface area is 145 Å². The fourth-order valence-electron chi connectivity index (χ4n) is 2.12. The number of rotatable bonds is 9. The molecule has 0 aliphatic rings. The third kappa shape index (κ3) is 6.15. The minimum absolute atomic E-state index is 0.153. The van der Waals surface area contributed by atoms with Crippen LogP contribution >= 0.6 is 0 Å². The van der Waals surface area contributed by atoms with Crippen LogP contribution in [0.3, 0.4) is 0 Å². The van der Waals surface area contributed by atoms with E-state index in [4.69, 9.17) is 15.6 Å². The Morgan fingerprint density at radius 1 is 1.12 bits per heavy atom. The first-order valence-electron chi connectivity index (χ1n) is 7.84. The number of nitrogens with one attached hydrogen (secondary N) is 2. The van der Waals surface area contributed by atoms with Gasteiger partial charge in [-0.2, -0.15) is 0 Å². The summed E-state index contributed by atoms with van der Waals surface area (Å²) in [4.78, 5) is 22.3. The number of carboxylic acids is 1. The first-order chi connectivity index (χ1) is 12.1. The summed E-state index contributed by atoms with van der Waals surface area (Å²) in [7, 11) is 0. The van der Waals surface area contributed by atoms with Crippen molar-refractivity contribution in [1.82, 2.24) is 5.32 Å². The molecule has 0 unspecified atom stereocenters. The molecule has 0 aromatic heterocycles. The molecule has 2 aromatic carbocycles. The van der Waals surface area contributed by atoms with Crippen molar-refractivity contribution in [2.45, 2.75) is 6.54 Å². The topological polar surface area (TPSA) is 114 Å². The van der Waals surface area contributed by atoms with Crippen LogP contribution in [-0.4, -0.2) is 36.7 Å². The van der Waals surface area contributed by atoms with Gasteiger partial charge in [0.05, 0.1) is 0 Å². The van der Waals surface area contributed by atoms with Gasteiger partial charge in [-0.3, -0.25) is 4.79 Å². The molecule has 7 heteroatoms. The first kappa shape index (κ1) is 18.3. The molecule has 5 N–H and O–H groups in total. The first-order valence-corrected chi connectivity index (χ1v) is 7.84. The standard InChI is InChI=1S/C18H21N3O4/c19-8-9-20-18(24)14-4-6-15(7-5-14)21-11-13-2-1-3-16(10-13)25-12-17(22)23/h1-7,10,21H,8-9,11-12,19H2,(H,20,24)(H,22,23). The van der Waals surface area contributed by atoms with E-state index < -0.39 is 5.97 Å². The quantitative estimate of drug-likeness (QED) is 0.548. The predicted molar refractivity (Wildman–Crippen MR) is 94.7 cm³/mol. The van der Waals surface area contributed by atoms with Gasteiger partial charge in [-0.15, -0.1) is 0 Å². The fraction of sp³-hybridized carbons (Fsp3) is 0.222. The van der Waals surface area contributed by atoms with Crippen molar-refractivity contribution in [3.05, 3.63) is 59.7 Å². The minimum atomic E-state index is -1.01. The minimum Gasteiger partial charge on any atom is -0.482 e. The van der Waals surface area contributed by atoms with Crippen molar-refractivity contribution in [1.29, 1.82) is 0 Å². The van der Waals surface area contributed by atoms with E-state index in [-0.39, 0.29) is 12.5 Å². The van der Waals surface area contributed by atoms with Crippen molar-refractivity contribution in [3.8, 4) is 5.75 Å². The van der Waals surface area contributed by atoms with Crippen LogP contribution in [0.2, 0.25) is 0 Å². The molecule has 0 saturated heterocycles. The van der Waals surface area contributed by atoms with Gasteiger partial charge in [-0.05, 0) is 42.0 Å². The molecule has 0 bridgehead atoms. The molecular weight excluding hydrogens is 322 g/mol. The third-order valence-electron chi connectivity index (χ3n) is 3.33. The van der Waals surface area contributed by atoms with E-state index in [2.05, 4.69) is 10.6 Å². The van der Waals surface area contributed by atoms with Gasteiger partial charge >= 0.3 is 5.97 Å². The van der Waals surface area contributed by atoms with E-state index in [9.17, 15) is 9.59 Å². The lowest BCUT2D eigenvalue weighted by molar-refractivity contribution is -0.139. The lowest BCUT2D eigenvalue weighted by atomic mass is 10.1. The number of benzene rings is 2. The van der Waals surface area contributed by atoms with Crippen molar-refractivity contribution < 1.29 is 19.4 Å². The van der Waals surface area contributed by atoms with Gasteiger partial charge in [-0.25, -0.2) is 4.79 Å². The second-order valence-electron chi connectivity index (χ2n) is 5.31. The molecule has 0 aliphatic heterocycles. The summed E-state index contributed by atoms with van der Waals surface area (Å²) in [6, 6.07) is 14.3. The Hall–Kier alpha value is -3.06. The van der Waals surface area contributed by atoms with E-state index >= 15 is 0 Å². The molecule has 0 fully saturated rings. The van der Waals surface area contributed by atoms with E-state index in [1.807, 2.05) is 18.2 Å². The van der Waals surface area contributed by atoms with Crippen molar-refractivity contribution in [3.63, 3.8) is 0 Å². The monoisotopic (exact) mass is 343 g/mol. The Kier molecular flexibility index (Phi) is 6.79. The maximum absolute atomic E-state index is 11.8. The highest BCUT2D eigenvalue weighted by Gasteiger charge is 2.04. The van der Waals surface area contributed by atoms with Crippen molar-refractivity contribution in [2.75, 3.05) is 25.0 Å². The number of ether oxygens (including phenoxy) is 1. The Bertz CT molecular complexity index is 717. The fourth-order valence-corrected chi connectivity index (χ4v) is 2.12. The molecule has 0 aliphatic carbocycles. The van der Waals surface area contributed by atoms with Gasteiger partial charge in [0, 0.05) is 30.9 Å². The van der Waals surface area contributed by atoms with Crippen LogP contribution in [0.5, 0.6) is 5.75 Å².